The Morgan fingerprint density at radius 1 is 1.86 bits per heavy atom. The van der Waals surface area contributed by atoms with Crippen LogP contribution in [-0.4, -0.2) is 19.1 Å². The van der Waals surface area contributed by atoms with Gasteiger partial charge < -0.3 is 0 Å². The normalized spacial score (nSPS) is 8.86. The third kappa shape index (κ3) is 5.62. The molecule has 0 amide bonds. The molecule has 0 fully saturated rings. The van der Waals surface area contributed by atoms with E-state index in [-0.39, 0.29) is 0 Å². The molecule has 0 aliphatic rings. The average molecular weight is 101 g/mol. The summed E-state index contributed by atoms with van der Waals surface area (Å²) < 4.78 is 0. The van der Waals surface area contributed by atoms with Gasteiger partial charge in [0.15, 0.2) is 0 Å². The van der Waals surface area contributed by atoms with Crippen LogP contribution in [0.1, 0.15) is 13.3 Å². The Hall–Kier alpha value is -0.375. The van der Waals surface area contributed by atoms with E-state index >= 15 is 0 Å². The van der Waals surface area contributed by atoms with Gasteiger partial charge in [-0.15, -0.1) is 0 Å². The Bertz CT molecular complexity index is 56.9. The minimum absolute atomic E-state index is 0.709. The molecule has 0 bridgehead atoms. The standard InChI is InChI=1S/C3H8BNO2/c1-2-3-5-4-7-6/h6H,2-3H2,1H3. The van der Waals surface area contributed by atoms with Gasteiger partial charge in [0.05, 0.1) is 0 Å². The van der Waals surface area contributed by atoms with E-state index in [1.807, 2.05) is 6.92 Å². The molecule has 0 unspecified atom stereocenters. The fourth-order valence-corrected chi connectivity index (χ4v) is 0.215. The van der Waals surface area contributed by atoms with E-state index in [1.54, 1.807) is 0 Å². The summed E-state index contributed by atoms with van der Waals surface area (Å²) in [4.78, 5) is 7.16. The van der Waals surface area contributed by atoms with Gasteiger partial charge in [-0.2, -0.15) is 0 Å². The quantitative estimate of drug-likeness (QED) is 0.322. The Labute approximate surface area is 43.2 Å². The van der Waals surface area contributed by atoms with E-state index in [1.165, 1.54) is 0 Å². The van der Waals surface area contributed by atoms with Crippen molar-refractivity contribution in [2.45, 2.75) is 13.3 Å². The molecule has 0 saturated carbocycles. The van der Waals surface area contributed by atoms with Crippen molar-refractivity contribution in [3.05, 3.63) is 0 Å². The van der Waals surface area contributed by atoms with Gasteiger partial charge in [-0.05, 0) is 0 Å². The van der Waals surface area contributed by atoms with Crippen LogP contribution in [0.25, 0.3) is 0 Å². The summed E-state index contributed by atoms with van der Waals surface area (Å²) in [6, 6.07) is 0. The summed E-state index contributed by atoms with van der Waals surface area (Å²) in [5, 5.41) is 7.64. The first-order valence-corrected chi connectivity index (χ1v) is 2.20. The summed E-state index contributed by atoms with van der Waals surface area (Å²) >= 11 is 0. The van der Waals surface area contributed by atoms with Crippen LogP contribution in [0.2, 0.25) is 0 Å². The van der Waals surface area contributed by atoms with Crippen LogP contribution >= 0.6 is 0 Å². The van der Waals surface area contributed by atoms with Gasteiger partial charge in [0.2, 0.25) is 0 Å². The van der Waals surface area contributed by atoms with Crippen LogP contribution in [-0.2, 0) is 4.81 Å². The molecule has 0 rings (SSSR count). The molecular weight excluding hydrogens is 92.8 g/mol. The van der Waals surface area contributed by atoms with E-state index in [0.717, 1.165) is 13.7 Å². The van der Waals surface area contributed by atoms with Crippen molar-refractivity contribution in [2.75, 3.05) is 6.54 Å². The molecule has 1 N–H and O–H groups in total. The van der Waals surface area contributed by atoms with Gasteiger partial charge in [0, 0.05) is 0 Å². The second-order valence-corrected chi connectivity index (χ2v) is 1.12. The molecule has 0 spiro atoms. The first kappa shape index (κ1) is 6.62. The van der Waals surface area contributed by atoms with Gasteiger partial charge in [-0.1, -0.05) is 0 Å². The van der Waals surface area contributed by atoms with Gasteiger partial charge in [0.25, 0.3) is 0 Å². The maximum absolute atomic E-state index is 7.64. The molecule has 0 aliphatic heterocycles. The topological polar surface area (TPSA) is 41.8 Å². The molecule has 3 nitrogen and oxygen atoms in total. The summed E-state index contributed by atoms with van der Waals surface area (Å²) in [5.41, 5.74) is 0. The van der Waals surface area contributed by atoms with Gasteiger partial charge >= 0.3 is 42.1 Å². The van der Waals surface area contributed by atoms with Gasteiger partial charge in [-0.3, -0.25) is 0 Å². The van der Waals surface area contributed by atoms with E-state index in [0.29, 0.717) is 6.54 Å². The predicted octanol–water partition coefficient (Wildman–Crippen LogP) is 0.689. The van der Waals surface area contributed by atoms with Crippen LogP contribution in [0, 0.1) is 0 Å². The molecule has 7 heavy (non-hydrogen) atoms. The molecule has 0 saturated heterocycles. The first-order chi connectivity index (χ1) is 3.41. The SMILES string of the molecule is CCCN=BOO. The molecule has 40 valence electrons. The summed E-state index contributed by atoms with van der Waals surface area (Å²) in [7, 11) is 1.02. The fraction of sp³-hybridized carbons (Fsp3) is 1.00. The van der Waals surface area contributed by atoms with Gasteiger partial charge in [0.1, 0.15) is 0 Å². The monoisotopic (exact) mass is 101 g/mol. The zero-order valence-corrected chi connectivity index (χ0v) is 4.29. The molecule has 4 heteroatoms. The van der Waals surface area contributed by atoms with Crippen LogP contribution in [0.15, 0.2) is 4.90 Å². The fourth-order valence-electron chi connectivity index (χ4n) is 0.215. The molecule has 0 aliphatic carbocycles. The zero-order chi connectivity index (χ0) is 5.54. The molecule has 0 aromatic carbocycles. The maximum atomic E-state index is 7.64. The minimum atomic E-state index is 0.709. The number of hydrogen-bond donors (Lipinski definition) is 1. The Morgan fingerprint density at radius 3 is 3.00 bits per heavy atom. The van der Waals surface area contributed by atoms with Crippen molar-refractivity contribution in [3.8, 4) is 0 Å². The Balaban J connectivity index is 2.78. The first-order valence-electron chi connectivity index (χ1n) is 2.20. The molecule has 0 heterocycles. The average Bonchev–Trinajstić information content (AvgIpc) is 1.69. The second-order valence-electron chi connectivity index (χ2n) is 1.12. The van der Waals surface area contributed by atoms with E-state index < -0.39 is 0 Å². The van der Waals surface area contributed by atoms with E-state index in [9.17, 15) is 0 Å². The van der Waals surface area contributed by atoms with Crippen molar-refractivity contribution < 1.29 is 10.1 Å². The number of rotatable bonds is 3. The third-order valence-electron chi connectivity index (χ3n) is 0.474. The van der Waals surface area contributed by atoms with Crippen molar-refractivity contribution in [3.63, 3.8) is 0 Å². The summed E-state index contributed by atoms with van der Waals surface area (Å²) in [6.07, 6.45) is 0.972. The molecule has 0 aromatic rings. The number of nitrogens with zero attached hydrogens (tertiary/aromatic N) is 1. The predicted molar refractivity (Wildman–Crippen MR) is 27.1 cm³/mol. The van der Waals surface area contributed by atoms with Crippen LogP contribution in [0.5, 0.6) is 0 Å². The van der Waals surface area contributed by atoms with Crippen LogP contribution < -0.4 is 0 Å². The van der Waals surface area contributed by atoms with Crippen LogP contribution in [0.4, 0.5) is 0 Å². The molecular formula is C3H8BNO2. The van der Waals surface area contributed by atoms with E-state index in [4.69, 9.17) is 5.26 Å². The van der Waals surface area contributed by atoms with Crippen molar-refractivity contribution in [2.24, 2.45) is 4.90 Å². The third-order valence-corrected chi connectivity index (χ3v) is 0.474. The Morgan fingerprint density at radius 2 is 2.57 bits per heavy atom. The van der Waals surface area contributed by atoms with Crippen LogP contribution in [0.3, 0.4) is 0 Å². The van der Waals surface area contributed by atoms with Crippen molar-refractivity contribution in [1.82, 2.24) is 0 Å². The second kappa shape index (κ2) is 5.62. The number of hydrogen-bond acceptors (Lipinski definition) is 3. The molecule has 0 aromatic heterocycles. The summed E-state index contributed by atoms with van der Waals surface area (Å²) in [5.74, 6) is 0. The van der Waals surface area contributed by atoms with Crippen molar-refractivity contribution >= 4 is 7.27 Å². The van der Waals surface area contributed by atoms with E-state index in [2.05, 4.69) is 9.70 Å². The van der Waals surface area contributed by atoms with Crippen molar-refractivity contribution in [1.29, 1.82) is 0 Å². The molecule has 0 radical (unpaired) electrons. The zero-order valence-electron chi connectivity index (χ0n) is 4.29. The molecule has 0 atom stereocenters. The Kier molecular flexibility index (Phi) is 5.32. The summed E-state index contributed by atoms with van der Waals surface area (Å²) in [6.45, 7) is 2.70. The van der Waals surface area contributed by atoms with Gasteiger partial charge in [-0.25, -0.2) is 0 Å².